The van der Waals surface area contributed by atoms with Crippen molar-refractivity contribution in [2.45, 2.75) is 78.4 Å². The van der Waals surface area contributed by atoms with Gasteiger partial charge in [-0.3, -0.25) is 39.3 Å². The van der Waals surface area contributed by atoms with Gasteiger partial charge in [0.2, 0.25) is 0 Å². The molecule has 2 aromatic heterocycles. The van der Waals surface area contributed by atoms with Crippen LogP contribution in [-0.4, -0.2) is 120 Å². The Balaban J connectivity index is 0.910. The fourth-order valence-corrected chi connectivity index (χ4v) is 10.6. The molecule has 16 nitrogen and oxygen atoms in total. The van der Waals surface area contributed by atoms with E-state index in [0.29, 0.717) is 78.6 Å². The number of benzene rings is 4. The summed E-state index contributed by atoms with van der Waals surface area (Å²) in [5.74, 6) is 0.0522. The number of esters is 2. The standard InChI is InChI=1S/C60H64Cl2N6O10/c1-36-41(34-77-57-20-55(75-32-39-16-38(22-63-3)23-64-24-39)44(18-50(57)61)28-67-14-12-48(53(69)30-67)59(71)73-4)8-6-10-46(36)47-11-7-9-42(37(47)2)35-78-58-21-56(76-33-40-17-43(26-65-25-40)52-27-66-52)45(19-51(58)62)29-68-15-13-49(54(70)31-68)60(72)74-5/h6-11,16-26,48-49,53-54,69-70H,12-15,27-35H2,1-5H3. The van der Waals surface area contributed by atoms with Gasteiger partial charge in [0.1, 0.15) is 49.4 Å². The first-order valence-corrected chi connectivity index (χ1v) is 26.7. The van der Waals surface area contributed by atoms with Gasteiger partial charge in [0, 0.05) is 110 Å². The van der Waals surface area contributed by atoms with E-state index in [1.807, 2.05) is 60.7 Å². The number of aliphatic hydroxyl groups is 2. The number of ether oxygens (including phenoxy) is 6. The third-order valence-electron chi connectivity index (χ3n) is 14.6. The monoisotopic (exact) mass is 1100 g/mol. The molecule has 0 saturated carbocycles. The molecule has 408 valence electrons. The van der Waals surface area contributed by atoms with Gasteiger partial charge in [-0.15, -0.1) is 0 Å². The van der Waals surface area contributed by atoms with Crippen molar-refractivity contribution in [1.82, 2.24) is 19.8 Å². The minimum Gasteiger partial charge on any atom is -0.488 e. The number of hydrogen-bond donors (Lipinski definition) is 2. The summed E-state index contributed by atoms with van der Waals surface area (Å²) in [4.78, 5) is 46.0. The number of rotatable bonds is 21. The second kappa shape index (κ2) is 25.7. The smallest absolute Gasteiger partial charge is 0.311 e. The Morgan fingerprint density at radius 1 is 0.641 bits per heavy atom. The van der Waals surface area contributed by atoms with Gasteiger partial charge < -0.3 is 38.6 Å². The number of likely N-dealkylation sites (tertiary alicyclic amines) is 2. The van der Waals surface area contributed by atoms with Crippen LogP contribution in [0.25, 0.3) is 11.1 Å². The molecular formula is C60H64Cl2N6O10. The molecule has 3 aliphatic rings. The molecule has 18 heteroatoms. The Bertz CT molecular complexity index is 3210. The maximum Gasteiger partial charge on any atom is 0.311 e. The zero-order valence-corrected chi connectivity index (χ0v) is 45.9. The molecule has 4 aromatic carbocycles. The number of carbonyl (C=O) groups is 2. The van der Waals surface area contributed by atoms with Crippen molar-refractivity contribution >= 4 is 47.1 Å². The molecule has 0 bridgehead atoms. The highest BCUT2D eigenvalue weighted by atomic mass is 35.5. The van der Waals surface area contributed by atoms with Crippen molar-refractivity contribution in [2.24, 2.45) is 21.8 Å². The summed E-state index contributed by atoms with van der Waals surface area (Å²) in [6.45, 7) is 8.33. The predicted octanol–water partition coefficient (Wildman–Crippen LogP) is 8.95. The van der Waals surface area contributed by atoms with Crippen LogP contribution in [-0.2, 0) is 58.6 Å². The van der Waals surface area contributed by atoms with Gasteiger partial charge in [0.25, 0.3) is 0 Å². The molecule has 2 fully saturated rings. The number of aromatic nitrogens is 2. The number of methoxy groups -OCH3 is 2. The molecule has 9 rings (SSSR count). The number of piperidine rings is 2. The third-order valence-corrected chi connectivity index (χ3v) is 15.2. The Morgan fingerprint density at radius 3 is 1.58 bits per heavy atom. The molecule has 3 aliphatic heterocycles. The quantitative estimate of drug-likeness (QED) is 0.0514. The summed E-state index contributed by atoms with van der Waals surface area (Å²) in [5, 5.41) is 22.6. The molecule has 4 unspecified atom stereocenters. The zero-order chi connectivity index (χ0) is 54.9. The van der Waals surface area contributed by atoms with Crippen molar-refractivity contribution in [3.05, 3.63) is 163 Å². The second-order valence-corrected chi connectivity index (χ2v) is 20.7. The number of pyridine rings is 2. The predicted molar refractivity (Wildman–Crippen MR) is 298 cm³/mol. The van der Waals surface area contributed by atoms with E-state index in [0.717, 1.165) is 72.5 Å². The number of aliphatic imine (C=N–C) groups is 2. The maximum atomic E-state index is 12.3. The van der Waals surface area contributed by atoms with E-state index in [9.17, 15) is 19.8 Å². The van der Waals surface area contributed by atoms with Gasteiger partial charge in [-0.2, -0.15) is 0 Å². The fourth-order valence-electron chi connectivity index (χ4n) is 10.2. The van der Waals surface area contributed by atoms with Crippen LogP contribution in [0, 0.1) is 25.7 Å². The maximum absolute atomic E-state index is 12.3. The molecular weight excluding hydrogens is 1040 g/mol. The number of carbonyl (C=O) groups excluding carboxylic acids is 2. The average molecular weight is 1100 g/mol. The normalized spacial score (nSPS) is 18.6. The molecule has 6 aromatic rings. The Labute approximate surface area is 464 Å². The average Bonchev–Trinajstić information content (AvgIpc) is 4.32. The number of β-amino-alcohol motifs (C(OH)–C–C–N with tert-alkyl or cyclic N) is 2. The van der Waals surface area contributed by atoms with Crippen LogP contribution in [0.4, 0.5) is 0 Å². The highest BCUT2D eigenvalue weighted by Gasteiger charge is 2.35. The van der Waals surface area contributed by atoms with Crippen molar-refractivity contribution in [3.8, 4) is 34.1 Å². The van der Waals surface area contributed by atoms with E-state index in [1.54, 1.807) is 38.0 Å². The van der Waals surface area contributed by atoms with E-state index < -0.39 is 36.0 Å². The largest absolute Gasteiger partial charge is 0.488 e. The highest BCUT2D eigenvalue weighted by molar-refractivity contribution is 6.32. The lowest BCUT2D eigenvalue weighted by Crippen LogP contribution is -2.46. The van der Waals surface area contributed by atoms with Gasteiger partial charge in [0.15, 0.2) is 0 Å². The van der Waals surface area contributed by atoms with E-state index >= 15 is 0 Å². The summed E-state index contributed by atoms with van der Waals surface area (Å²) < 4.78 is 35.9. The lowest BCUT2D eigenvalue weighted by atomic mass is 9.92. The minimum atomic E-state index is -0.875. The van der Waals surface area contributed by atoms with Crippen LogP contribution >= 0.6 is 23.2 Å². The Hall–Kier alpha value is -6.92. The Kier molecular flexibility index (Phi) is 18.4. The summed E-state index contributed by atoms with van der Waals surface area (Å²) >= 11 is 14.0. The van der Waals surface area contributed by atoms with Gasteiger partial charge in [-0.25, -0.2) is 0 Å². The lowest BCUT2D eigenvalue weighted by Gasteiger charge is -2.34. The van der Waals surface area contributed by atoms with Crippen LogP contribution < -0.4 is 18.9 Å². The molecule has 78 heavy (non-hydrogen) atoms. The van der Waals surface area contributed by atoms with Gasteiger partial charge in [-0.05, 0) is 97.4 Å². The third kappa shape index (κ3) is 13.7. The van der Waals surface area contributed by atoms with Crippen LogP contribution in [0.2, 0.25) is 10.0 Å². The molecule has 2 N–H and O–H groups in total. The molecule has 4 atom stereocenters. The van der Waals surface area contributed by atoms with Crippen LogP contribution in [0.5, 0.6) is 23.0 Å². The van der Waals surface area contributed by atoms with Gasteiger partial charge in [-0.1, -0.05) is 59.6 Å². The summed E-state index contributed by atoms with van der Waals surface area (Å²) in [7, 11) is 4.38. The first kappa shape index (κ1) is 55.8. The SMILES string of the molecule is CN=Cc1cncc(COc2cc(OCc3cccc(-c4cccc(COc5cc(OCc6cncc(C7=NC7)c6)c(CN6CCC(C(=O)OC)C(O)C6)cc5Cl)c4C)c3C)c(Cl)cc2CN2CCC(C(=O)OC)C(O)C2)c1. The minimum absolute atomic E-state index is 0.219. The first-order chi connectivity index (χ1) is 37.8. The van der Waals surface area contributed by atoms with E-state index in [2.05, 4.69) is 55.7 Å². The van der Waals surface area contributed by atoms with E-state index in [1.165, 1.54) is 14.2 Å². The van der Waals surface area contributed by atoms with Crippen molar-refractivity contribution in [3.63, 3.8) is 0 Å². The van der Waals surface area contributed by atoms with Gasteiger partial charge >= 0.3 is 11.9 Å². The number of halogens is 2. The van der Waals surface area contributed by atoms with Gasteiger partial charge in [0.05, 0.1) is 60.6 Å². The summed E-state index contributed by atoms with van der Waals surface area (Å²) in [5.41, 5.74) is 12.3. The molecule has 5 heterocycles. The Morgan fingerprint density at radius 2 is 1.12 bits per heavy atom. The van der Waals surface area contributed by atoms with Crippen molar-refractivity contribution in [1.29, 1.82) is 0 Å². The molecule has 2 saturated heterocycles. The summed E-state index contributed by atoms with van der Waals surface area (Å²) in [6, 6.07) is 23.6. The van der Waals surface area contributed by atoms with E-state index in [-0.39, 0.29) is 39.5 Å². The van der Waals surface area contributed by atoms with Crippen LogP contribution in [0.1, 0.15) is 68.5 Å². The lowest BCUT2D eigenvalue weighted by molar-refractivity contribution is -0.153. The molecule has 0 amide bonds. The van der Waals surface area contributed by atoms with E-state index in [4.69, 9.17) is 51.6 Å². The summed E-state index contributed by atoms with van der Waals surface area (Å²) in [6.07, 6.45) is 7.96. The zero-order valence-electron chi connectivity index (χ0n) is 44.4. The first-order valence-electron chi connectivity index (χ1n) is 25.9. The fraction of sp³-hybridized carbons (Fsp3) is 0.367. The molecule has 0 radical (unpaired) electrons. The molecule has 0 aliphatic carbocycles. The number of nitrogens with zero attached hydrogens (tertiary/aromatic N) is 6. The topological polar surface area (TPSA) is 187 Å². The van der Waals surface area contributed by atoms with Crippen molar-refractivity contribution in [2.75, 3.05) is 54.0 Å². The van der Waals surface area contributed by atoms with Crippen molar-refractivity contribution < 1.29 is 48.2 Å². The number of aliphatic hydroxyl groups excluding tert-OH is 2. The highest BCUT2D eigenvalue weighted by Crippen LogP contribution is 2.39. The number of hydrogen-bond acceptors (Lipinski definition) is 16. The van der Waals surface area contributed by atoms with Crippen LogP contribution in [0.3, 0.4) is 0 Å². The molecule has 0 spiro atoms. The second-order valence-electron chi connectivity index (χ2n) is 19.9. The van der Waals surface area contributed by atoms with Crippen LogP contribution in [0.15, 0.2) is 108 Å².